The van der Waals surface area contributed by atoms with Gasteiger partial charge in [-0.1, -0.05) is 67.9 Å². The van der Waals surface area contributed by atoms with E-state index >= 15 is 4.39 Å². The monoisotopic (exact) mass is 353 g/mol. The number of halogens is 1. The SMILES string of the molecule is CCCCc1ccc2c(ccc3c(F)c(-c4ccc(C#N)cc4)ccc32)c1. The van der Waals surface area contributed by atoms with Crippen LogP contribution in [0.4, 0.5) is 4.39 Å². The van der Waals surface area contributed by atoms with Gasteiger partial charge in [-0.3, -0.25) is 0 Å². The summed E-state index contributed by atoms with van der Waals surface area (Å²) in [7, 11) is 0. The molecule has 4 rings (SSSR count). The molecule has 0 spiro atoms. The third kappa shape index (κ3) is 3.17. The zero-order chi connectivity index (χ0) is 18.8. The minimum Gasteiger partial charge on any atom is -0.206 e. The Morgan fingerprint density at radius 2 is 1.59 bits per heavy atom. The van der Waals surface area contributed by atoms with Crippen LogP contribution in [0.2, 0.25) is 0 Å². The molecule has 2 heteroatoms. The fraction of sp³-hybridized carbons (Fsp3) is 0.160. The highest BCUT2D eigenvalue weighted by Crippen LogP contribution is 2.33. The largest absolute Gasteiger partial charge is 0.206 e. The predicted octanol–water partition coefficient (Wildman–Crippen LogP) is 7.01. The summed E-state index contributed by atoms with van der Waals surface area (Å²) in [6.45, 7) is 2.20. The molecule has 0 bridgehead atoms. The lowest BCUT2D eigenvalue weighted by molar-refractivity contribution is 0.643. The van der Waals surface area contributed by atoms with E-state index in [1.54, 1.807) is 24.3 Å². The van der Waals surface area contributed by atoms with Gasteiger partial charge in [0.15, 0.2) is 0 Å². The molecule has 4 aromatic carbocycles. The van der Waals surface area contributed by atoms with E-state index in [0.29, 0.717) is 16.5 Å². The Kier molecular flexibility index (Phi) is 4.60. The lowest BCUT2D eigenvalue weighted by Crippen LogP contribution is -1.90. The number of nitrogens with zero attached hydrogens (tertiary/aromatic N) is 1. The smallest absolute Gasteiger partial charge is 0.138 e. The Balaban J connectivity index is 1.83. The van der Waals surface area contributed by atoms with Crippen molar-refractivity contribution in [2.24, 2.45) is 0 Å². The summed E-state index contributed by atoms with van der Waals surface area (Å²) in [6, 6.07) is 23.3. The standard InChI is InChI=1S/C25H20FN/c1-2-3-4-17-7-11-21-20(15-17)10-12-24-23(21)14-13-22(25(24)26)19-8-5-18(16-27)6-9-19/h5-15H,2-4H2,1H3. The van der Waals surface area contributed by atoms with Gasteiger partial charge in [0, 0.05) is 10.9 Å². The van der Waals surface area contributed by atoms with Crippen LogP contribution in [-0.4, -0.2) is 0 Å². The van der Waals surface area contributed by atoms with E-state index in [2.05, 4.69) is 31.2 Å². The van der Waals surface area contributed by atoms with Gasteiger partial charge >= 0.3 is 0 Å². The average Bonchev–Trinajstić information content (AvgIpc) is 2.72. The number of hydrogen-bond donors (Lipinski definition) is 0. The van der Waals surface area contributed by atoms with Gasteiger partial charge in [-0.05, 0) is 52.3 Å². The number of rotatable bonds is 4. The second kappa shape index (κ2) is 7.21. The summed E-state index contributed by atoms with van der Waals surface area (Å²) in [5.74, 6) is -0.214. The first-order valence-electron chi connectivity index (χ1n) is 9.35. The molecular weight excluding hydrogens is 333 g/mol. The van der Waals surface area contributed by atoms with Crippen LogP contribution < -0.4 is 0 Å². The van der Waals surface area contributed by atoms with Gasteiger partial charge in [0.1, 0.15) is 5.82 Å². The molecule has 0 N–H and O–H groups in total. The average molecular weight is 353 g/mol. The van der Waals surface area contributed by atoms with Crippen molar-refractivity contribution < 1.29 is 4.39 Å². The lowest BCUT2D eigenvalue weighted by atomic mass is 9.95. The minimum absolute atomic E-state index is 0.214. The molecular formula is C25H20FN. The van der Waals surface area contributed by atoms with Crippen molar-refractivity contribution in [3.05, 3.63) is 83.7 Å². The third-order valence-electron chi connectivity index (χ3n) is 5.16. The van der Waals surface area contributed by atoms with Crippen LogP contribution in [0.1, 0.15) is 30.9 Å². The molecule has 0 saturated heterocycles. The van der Waals surface area contributed by atoms with E-state index in [0.717, 1.165) is 28.1 Å². The number of aryl methyl sites for hydroxylation is 1. The van der Waals surface area contributed by atoms with Gasteiger partial charge < -0.3 is 0 Å². The molecule has 0 aliphatic heterocycles. The zero-order valence-electron chi connectivity index (χ0n) is 15.3. The second-order valence-corrected chi connectivity index (χ2v) is 6.94. The third-order valence-corrected chi connectivity index (χ3v) is 5.16. The molecule has 0 amide bonds. The van der Waals surface area contributed by atoms with Crippen molar-refractivity contribution >= 4 is 21.5 Å². The van der Waals surface area contributed by atoms with Gasteiger partial charge in [-0.2, -0.15) is 5.26 Å². The molecule has 0 saturated carbocycles. The Hall–Kier alpha value is -3.18. The molecule has 0 fully saturated rings. The summed E-state index contributed by atoms with van der Waals surface area (Å²) in [5.41, 5.74) is 3.25. The van der Waals surface area contributed by atoms with E-state index in [4.69, 9.17) is 5.26 Å². The summed E-state index contributed by atoms with van der Waals surface area (Å²) < 4.78 is 15.2. The molecule has 132 valence electrons. The molecule has 27 heavy (non-hydrogen) atoms. The molecule has 0 radical (unpaired) electrons. The maximum absolute atomic E-state index is 15.2. The van der Waals surface area contributed by atoms with Crippen molar-refractivity contribution in [2.75, 3.05) is 0 Å². The first-order valence-corrected chi connectivity index (χ1v) is 9.35. The first kappa shape index (κ1) is 17.2. The molecule has 0 atom stereocenters. The quantitative estimate of drug-likeness (QED) is 0.362. The normalized spacial score (nSPS) is 11.0. The van der Waals surface area contributed by atoms with Crippen LogP contribution in [-0.2, 0) is 6.42 Å². The Bertz CT molecular complexity index is 1170. The second-order valence-electron chi connectivity index (χ2n) is 6.94. The molecule has 0 aliphatic rings. The number of fused-ring (bicyclic) bond motifs is 3. The Labute approximate surface area is 158 Å². The van der Waals surface area contributed by atoms with E-state index in [1.165, 1.54) is 18.4 Å². The van der Waals surface area contributed by atoms with Crippen LogP contribution in [0.25, 0.3) is 32.7 Å². The molecule has 0 aromatic heterocycles. The Morgan fingerprint density at radius 3 is 2.33 bits per heavy atom. The molecule has 1 nitrogen and oxygen atoms in total. The highest BCUT2D eigenvalue weighted by atomic mass is 19.1. The summed E-state index contributed by atoms with van der Waals surface area (Å²) in [6.07, 6.45) is 3.44. The summed E-state index contributed by atoms with van der Waals surface area (Å²) in [5, 5.41) is 12.7. The van der Waals surface area contributed by atoms with Gasteiger partial charge in [-0.25, -0.2) is 4.39 Å². The van der Waals surface area contributed by atoms with Crippen LogP contribution >= 0.6 is 0 Å². The van der Waals surface area contributed by atoms with E-state index < -0.39 is 0 Å². The number of nitriles is 1. The van der Waals surface area contributed by atoms with Crippen molar-refractivity contribution in [1.82, 2.24) is 0 Å². The highest BCUT2D eigenvalue weighted by Gasteiger charge is 2.11. The van der Waals surface area contributed by atoms with E-state index in [9.17, 15) is 0 Å². The van der Waals surface area contributed by atoms with Gasteiger partial charge in [0.25, 0.3) is 0 Å². The van der Waals surface area contributed by atoms with Crippen LogP contribution in [0, 0.1) is 17.1 Å². The maximum Gasteiger partial charge on any atom is 0.138 e. The van der Waals surface area contributed by atoms with E-state index in [1.807, 2.05) is 24.3 Å². The maximum atomic E-state index is 15.2. The zero-order valence-corrected chi connectivity index (χ0v) is 15.3. The highest BCUT2D eigenvalue weighted by molar-refractivity contribution is 6.08. The van der Waals surface area contributed by atoms with Crippen molar-refractivity contribution in [2.45, 2.75) is 26.2 Å². The number of unbranched alkanes of at least 4 members (excludes halogenated alkanes) is 1. The lowest BCUT2D eigenvalue weighted by Gasteiger charge is -2.10. The van der Waals surface area contributed by atoms with Crippen molar-refractivity contribution in [1.29, 1.82) is 5.26 Å². The van der Waals surface area contributed by atoms with Crippen molar-refractivity contribution in [3.8, 4) is 17.2 Å². The number of hydrogen-bond acceptors (Lipinski definition) is 1. The minimum atomic E-state index is -0.214. The van der Waals surface area contributed by atoms with Crippen molar-refractivity contribution in [3.63, 3.8) is 0 Å². The van der Waals surface area contributed by atoms with Crippen LogP contribution in [0.3, 0.4) is 0 Å². The Morgan fingerprint density at radius 1 is 0.852 bits per heavy atom. The topological polar surface area (TPSA) is 23.8 Å². The first-order chi connectivity index (χ1) is 13.2. The number of benzene rings is 4. The fourth-order valence-electron chi connectivity index (χ4n) is 3.64. The van der Waals surface area contributed by atoms with Gasteiger partial charge in [0.05, 0.1) is 11.6 Å². The van der Waals surface area contributed by atoms with E-state index in [-0.39, 0.29) is 5.82 Å². The van der Waals surface area contributed by atoms with Gasteiger partial charge in [-0.15, -0.1) is 0 Å². The fourth-order valence-corrected chi connectivity index (χ4v) is 3.64. The molecule has 4 aromatic rings. The summed E-state index contributed by atoms with van der Waals surface area (Å²) >= 11 is 0. The molecule has 0 aliphatic carbocycles. The molecule has 0 unspecified atom stereocenters. The van der Waals surface area contributed by atoms with Crippen LogP contribution in [0.5, 0.6) is 0 Å². The molecule has 0 heterocycles. The van der Waals surface area contributed by atoms with Gasteiger partial charge in [0.2, 0.25) is 0 Å². The summed E-state index contributed by atoms with van der Waals surface area (Å²) in [4.78, 5) is 0. The van der Waals surface area contributed by atoms with Crippen LogP contribution in [0.15, 0.2) is 66.7 Å². The predicted molar refractivity (Wildman–Crippen MR) is 110 cm³/mol.